The number of nitrogens with zero attached hydrogens (tertiary/aromatic N) is 2. The number of anilines is 1. The van der Waals surface area contributed by atoms with Gasteiger partial charge in [0.2, 0.25) is 0 Å². The molecule has 1 amide bonds. The van der Waals surface area contributed by atoms with Crippen LogP contribution >= 0.6 is 0 Å². The van der Waals surface area contributed by atoms with E-state index in [1.807, 2.05) is 36.1 Å². The van der Waals surface area contributed by atoms with Gasteiger partial charge < -0.3 is 14.5 Å². The number of hydrogen-bond donors (Lipinski definition) is 0. The minimum Gasteiger partial charge on any atom is -0.484 e. The van der Waals surface area contributed by atoms with Gasteiger partial charge in [0.15, 0.2) is 6.61 Å². The van der Waals surface area contributed by atoms with Gasteiger partial charge in [-0.15, -0.1) is 0 Å². The zero-order chi connectivity index (χ0) is 19.4. The number of benzene rings is 2. The summed E-state index contributed by atoms with van der Waals surface area (Å²) in [4.78, 5) is 16.0. The predicted molar refractivity (Wildman–Crippen MR) is 96.9 cm³/mol. The van der Waals surface area contributed by atoms with E-state index in [1.54, 1.807) is 4.90 Å². The summed E-state index contributed by atoms with van der Waals surface area (Å²) in [5, 5.41) is 0. The predicted octanol–water partition coefficient (Wildman–Crippen LogP) is 3.74. The maximum absolute atomic E-state index is 12.6. The van der Waals surface area contributed by atoms with Crippen LogP contribution in [0.15, 0.2) is 48.5 Å². The Hall–Kier alpha value is -2.70. The molecular formula is C20H21F3N2O2. The van der Waals surface area contributed by atoms with Crippen LogP contribution in [0.1, 0.15) is 11.1 Å². The lowest BCUT2D eigenvalue weighted by atomic mass is 10.1. The van der Waals surface area contributed by atoms with E-state index in [-0.39, 0.29) is 12.5 Å². The van der Waals surface area contributed by atoms with Crippen LogP contribution in [-0.4, -0.2) is 43.6 Å². The van der Waals surface area contributed by atoms with Crippen LogP contribution in [0.3, 0.4) is 0 Å². The molecular weight excluding hydrogens is 357 g/mol. The lowest BCUT2D eigenvalue weighted by Gasteiger charge is -2.36. The number of piperazine rings is 1. The van der Waals surface area contributed by atoms with E-state index < -0.39 is 11.7 Å². The summed E-state index contributed by atoms with van der Waals surface area (Å²) in [5.74, 6) is 0.556. The van der Waals surface area contributed by atoms with Crippen LogP contribution in [0.5, 0.6) is 5.75 Å². The number of carbonyl (C=O) groups is 1. The Balaban J connectivity index is 1.49. The molecule has 0 saturated carbocycles. The van der Waals surface area contributed by atoms with Crippen molar-refractivity contribution < 1.29 is 22.7 Å². The minimum atomic E-state index is -4.33. The Morgan fingerprint density at radius 3 is 2.11 bits per heavy atom. The van der Waals surface area contributed by atoms with Gasteiger partial charge in [-0.25, -0.2) is 0 Å². The van der Waals surface area contributed by atoms with Gasteiger partial charge >= 0.3 is 6.18 Å². The maximum Gasteiger partial charge on any atom is 0.416 e. The summed E-state index contributed by atoms with van der Waals surface area (Å²) in [5.41, 5.74) is 1.19. The van der Waals surface area contributed by atoms with Crippen LogP contribution in [0.4, 0.5) is 18.9 Å². The summed E-state index contributed by atoms with van der Waals surface area (Å²) in [6.07, 6.45) is -4.33. The topological polar surface area (TPSA) is 32.8 Å². The first-order valence-corrected chi connectivity index (χ1v) is 8.72. The van der Waals surface area contributed by atoms with Crippen molar-refractivity contribution in [1.82, 2.24) is 4.90 Å². The first kappa shape index (κ1) is 19.1. The van der Waals surface area contributed by atoms with E-state index in [0.717, 1.165) is 23.4 Å². The van der Waals surface area contributed by atoms with Gasteiger partial charge in [-0.3, -0.25) is 4.79 Å². The molecule has 1 aliphatic rings. The van der Waals surface area contributed by atoms with Gasteiger partial charge in [-0.1, -0.05) is 17.7 Å². The smallest absolute Gasteiger partial charge is 0.416 e. The first-order valence-electron chi connectivity index (χ1n) is 8.72. The zero-order valence-corrected chi connectivity index (χ0v) is 15.0. The number of amides is 1. The van der Waals surface area contributed by atoms with Crippen molar-refractivity contribution in [3.8, 4) is 5.75 Å². The highest BCUT2D eigenvalue weighted by Gasteiger charge is 2.30. The fraction of sp³-hybridized carbons (Fsp3) is 0.350. The normalized spacial score (nSPS) is 15.0. The highest BCUT2D eigenvalue weighted by molar-refractivity contribution is 5.78. The van der Waals surface area contributed by atoms with Gasteiger partial charge in [-0.05, 0) is 43.3 Å². The van der Waals surface area contributed by atoms with Gasteiger partial charge in [0.05, 0.1) is 5.56 Å². The average molecular weight is 378 g/mol. The molecule has 3 rings (SSSR count). The Morgan fingerprint density at radius 2 is 1.56 bits per heavy atom. The lowest BCUT2D eigenvalue weighted by Crippen LogP contribution is -2.50. The van der Waals surface area contributed by atoms with E-state index in [0.29, 0.717) is 31.9 Å². The highest BCUT2D eigenvalue weighted by Crippen LogP contribution is 2.30. The second-order valence-corrected chi connectivity index (χ2v) is 6.51. The van der Waals surface area contributed by atoms with Gasteiger partial charge in [0, 0.05) is 31.9 Å². The fourth-order valence-corrected chi connectivity index (χ4v) is 2.95. The van der Waals surface area contributed by atoms with E-state index in [2.05, 4.69) is 0 Å². The van der Waals surface area contributed by atoms with Crippen LogP contribution in [0.2, 0.25) is 0 Å². The quantitative estimate of drug-likeness (QED) is 0.813. The van der Waals surface area contributed by atoms with Crippen molar-refractivity contribution in [2.45, 2.75) is 13.1 Å². The molecule has 1 fully saturated rings. The molecule has 0 radical (unpaired) electrons. The average Bonchev–Trinajstić information content (AvgIpc) is 2.67. The van der Waals surface area contributed by atoms with Crippen LogP contribution in [0, 0.1) is 6.92 Å². The van der Waals surface area contributed by atoms with Crippen molar-refractivity contribution in [3.05, 3.63) is 59.7 Å². The molecule has 0 N–H and O–H groups in total. The number of rotatable bonds is 4. The minimum absolute atomic E-state index is 0.0245. The van der Waals surface area contributed by atoms with Gasteiger partial charge in [0.25, 0.3) is 5.91 Å². The van der Waals surface area contributed by atoms with Crippen molar-refractivity contribution in [1.29, 1.82) is 0 Å². The molecule has 27 heavy (non-hydrogen) atoms. The third-order valence-corrected chi connectivity index (χ3v) is 4.58. The molecule has 1 aliphatic heterocycles. The second kappa shape index (κ2) is 7.90. The first-order chi connectivity index (χ1) is 12.8. The van der Waals surface area contributed by atoms with Crippen LogP contribution < -0.4 is 9.64 Å². The maximum atomic E-state index is 12.6. The van der Waals surface area contributed by atoms with Crippen molar-refractivity contribution in [2.75, 3.05) is 37.7 Å². The highest BCUT2D eigenvalue weighted by atomic mass is 19.4. The molecule has 0 unspecified atom stereocenters. The number of carbonyl (C=O) groups excluding carboxylic acids is 1. The largest absolute Gasteiger partial charge is 0.484 e. The van der Waals surface area contributed by atoms with E-state index >= 15 is 0 Å². The molecule has 4 nitrogen and oxygen atoms in total. The monoisotopic (exact) mass is 378 g/mol. The Kier molecular flexibility index (Phi) is 5.58. The van der Waals surface area contributed by atoms with E-state index in [1.165, 1.54) is 12.1 Å². The Morgan fingerprint density at radius 1 is 0.963 bits per heavy atom. The molecule has 144 valence electrons. The number of ether oxygens (including phenoxy) is 1. The van der Waals surface area contributed by atoms with Crippen LogP contribution in [-0.2, 0) is 11.0 Å². The second-order valence-electron chi connectivity index (χ2n) is 6.51. The molecule has 0 spiro atoms. The van der Waals surface area contributed by atoms with Crippen LogP contribution in [0.25, 0.3) is 0 Å². The Labute approximate surface area is 156 Å². The molecule has 1 saturated heterocycles. The number of aryl methyl sites for hydroxylation is 1. The molecule has 2 aromatic carbocycles. The van der Waals surface area contributed by atoms with Crippen molar-refractivity contribution in [3.63, 3.8) is 0 Å². The molecule has 0 aromatic heterocycles. The third kappa shape index (κ3) is 4.93. The zero-order valence-electron chi connectivity index (χ0n) is 15.0. The Bertz CT molecular complexity index is 765. The van der Waals surface area contributed by atoms with E-state index in [9.17, 15) is 18.0 Å². The van der Waals surface area contributed by atoms with Crippen molar-refractivity contribution >= 4 is 11.6 Å². The summed E-state index contributed by atoms with van der Waals surface area (Å²) in [6, 6.07) is 12.6. The summed E-state index contributed by atoms with van der Waals surface area (Å²) < 4.78 is 43.5. The third-order valence-electron chi connectivity index (χ3n) is 4.58. The summed E-state index contributed by atoms with van der Waals surface area (Å²) in [6.45, 7) is 4.12. The molecule has 0 aliphatic carbocycles. The summed E-state index contributed by atoms with van der Waals surface area (Å²) in [7, 11) is 0. The molecule has 0 bridgehead atoms. The SMILES string of the molecule is Cc1ccc(OCC(=O)N2CCN(c3ccc(C(F)(F)F)cc3)CC2)cc1. The summed E-state index contributed by atoms with van der Waals surface area (Å²) >= 11 is 0. The number of halogens is 3. The standard InChI is InChI=1S/C20H21F3N2O2/c1-15-2-8-18(9-3-15)27-14-19(26)25-12-10-24(11-13-25)17-6-4-16(5-7-17)20(21,22)23/h2-9H,10-14H2,1H3. The van der Waals surface area contributed by atoms with Gasteiger partial charge in [0.1, 0.15) is 5.75 Å². The molecule has 2 aromatic rings. The number of alkyl halides is 3. The van der Waals surface area contributed by atoms with Gasteiger partial charge in [-0.2, -0.15) is 13.2 Å². The molecule has 7 heteroatoms. The number of hydrogen-bond acceptors (Lipinski definition) is 3. The van der Waals surface area contributed by atoms with E-state index in [4.69, 9.17) is 4.74 Å². The lowest BCUT2D eigenvalue weighted by molar-refractivity contribution is -0.137. The molecule has 1 heterocycles. The van der Waals surface area contributed by atoms with Crippen molar-refractivity contribution in [2.24, 2.45) is 0 Å². The fourth-order valence-electron chi connectivity index (χ4n) is 2.95. The molecule has 0 atom stereocenters.